The summed E-state index contributed by atoms with van der Waals surface area (Å²) in [5, 5.41) is 8.29. The van der Waals surface area contributed by atoms with Gasteiger partial charge in [-0.05, 0) is 43.5 Å². The zero-order valence-corrected chi connectivity index (χ0v) is 23.6. The van der Waals surface area contributed by atoms with Gasteiger partial charge in [-0.2, -0.15) is 0 Å². The smallest absolute Gasteiger partial charge is 0.247 e. The second-order valence-electron chi connectivity index (χ2n) is 10.7. The van der Waals surface area contributed by atoms with Crippen LogP contribution in [0.1, 0.15) is 25.3 Å². The molecule has 2 aromatic carbocycles. The number of benzene rings is 2. The molecule has 3 aromatic rings. The van der Waals surface area contributed by atoms with E-state index in [4.69, 9.17) is 9.57 Å². The van der Waals surface area contributed by atoms with Crippen molar-refractivity contribution in [1.29, 1.82) is 0 Å². The number of hydrogen-bond donors (Lipinski definition) is 2. The SMILES string of the molecule is C=CC(=O)Nc1cc(Nc2cc(N3OCC[C@@H]3Cc3ccccc3)ncn2)c(OC)cc1N1C[C@H]2C[C@@H]1CN2CC. The Hall–Kier alpha value is -4.15. The largest absolute Gasteiger partial charge is 0.494 e. The van der Waals surface area contributed by atoms with Gasteiger partial charge in [-0.3, -0.25) is 14.5 Å². The molecule has 214 valence electrons. The van der Waals surface area contributed by atoms with Crippen LogP contribution in [0.2, 0.25) is 0 Å². The van der Waals surface area contributed by atoms with Crippen LogP contribution in [-0.2, 0) is 16.1 Å². The molecule has 3 atom stereocenters. The number of nitrogens with one attached hydrogen (secondary N) is 2. The first-order valence-corrected chi connectivity index (χ1v) is 14.3. The van der Waals surface area contributed by atoms with Crippen molar-refractivity contribution in [2.75, 3.05) is 53.9 Å². The highest BCUT2D eigenvalue weighted by Crippen LogP contribution is 2.43. The monoisotopic (exact) mass is 555 g/mol. The number of amides is 1. The molecule has 6 rings (SSSR count). The van der Waals surface area contributed by atoms with Crippen molar-refractivity contribution in [3.8, 4) is 5.75 Å². The van der Waals surface area contributed by atoms with Crippen LogP contribution in [0.4, 0.5) is 28.7 Å². The van der Waals surface area contributed by atoms with Crippen LogP contribution >= 0.6 is 0 Å². The number of carbonyl (C=O) groups excluding carboxylic acids is 1. The number of anilines is 5. The van der Waals surface area contributed by atoms with Gasteiger partial charge >= 0.3 is 0 Å². The number of fused-ring (bicyclic) bond motifs is 2. The lowest BCUT2D eigenvalue weighted by Crippen LogP contribution is -2.46. The van der Waals surface area contributed by atoms with Gasteiger partial charge in [0.1, 0.15) is 17.9 Å². The van der Waals surface area contributed by atoms with Gasteiger partial charge in [-0.1, -0.05) is 43.8 Å². The minimum Gasteiger partial charge on any atom is -0.494 e. The number of piperazine rings is 1. The van der Waals surface area contributed by atoms with E-state index in [1.165, 1.54) is 18.0 Å². The van der Waals surface area contributed by atoms with Gasteiger partial charge in [0, 0.05) is 37.3 Å². The van der Waals surface area contributed by atoms with Gasteiger partial charge in [-0.25, -0.2) is 15.0 Å². The van der Waals surface area contributed by atoms with Crippen LogP contribution < -0.4 is 25.3 Å². The van der Waals surface area contributed by atoms with Gasteiger partial charge in [-0.15, -0.1) is 0 Å². The topological polar surface area (TPSA) is 95.1 Å². The Morgan fingerprint density at radius 2 is 2.00 bits per heavy atom. The van der Waals surface area contributed by atoms with E-state index in [2.05, 4.69) is 68.2 Å². The van der Waals surface area contributed by atoms with Crippen molar-refractivity contribution in [1.82, 2.24) is 14.9 Å². The minimum atomic E-state index is -0.262. The summed E-state index contributed by atoms with van der Waals surface area (Å²) in [6, 6.07) is 17.3. The molecule has 10 nitrogen and oxygen atoms in total. The second-order valence-corrected chi connectivity index (χ2v) is 10.7. The minimum absolute atomic E-state index is 0.175. The number of methoxy groups -OCH3 is 1. The molecule has 2 bridgehead atoms. The number of hydrogen-bond acceptors (Lipinski definition) is 9. The van der Waals surface area contributed by atoms with Crippen molar-refractivity contribution >= 4 is 34.6 Å². The predicted octanol–water partition coefficient (Wildman–Crippen LogP) is 4.39. The first-order valence-electron chi connectivity index (χ1n) is 14.3. The Bertz CT molecular complexity index is 1400. The highest BCUT2D eigenvalue weighted by molar-refractivity contribution is 6.02. The average molecular weight is 556 g/mol. The van der Waals surface area contributed by atoms with E-state index in [-0.39, 0.29) is 11.9 Å². The number of rotatable bonds is 10. The Balaban J connectivity index is 1.26. The van der Waals surface area contributed by atoms with Crippen molar-refractivity contribution in [3.63, 3.8) is 0 Å². The van der Waals surface area contributed by atoms with Gasteiger partial charge in [0.25, 0.3) is 0 Å². The van der Waals surface area contributed by atoms with Crippen molar-refractivity contribution in [2.45, 2.75) is 44.3 Å². The third-order valence-corrected chi connectivity index (χ3v) is 8.30. The Labute approximate surface area is 240 Å². The molecule has 0 spiro atoms. The molecule has 1 aromatic heterocycles. The molecular formula is C31H37N7O3. The van der Waals surface area contributed by atoms with Crippen LogP contribution in [0, 0.1) is 0 Å². The van der Waals surface area contributed by atoms with E-state index in [9.17, 15) is 4.79 Å². The third kappa shape index (κ3) is 5.57. The predicted molar refractivity (Wildman–Crippen MR) is 161 cm³/mol. The Morgan fingerprint density at radius 1 is 1.15 bits per heavy atom. The van der Waals surface area contributed by atoms with E-state index >= 15 is 0 Å². The highest BCUT2D eigenvalue weighted by atomic mass is 16.7. The highest BCUT2D eigenvalue weighted by Gasteiger charge is 2.43. The maximum absolute atomic E-state index is 12.4. The molecule has 3 aliphatic rings. The van der Waals surface area contributed by atoms with E-state index in [0.717, 1.165) is 44.6 Å². The van der Waals surface area contributed by atoms with E-state index in [1.807, 2.05) is 29.3 Å². The molecule has 41 heavy (non-hydrogen) atoms. The molecule has 10 heteroatoms. The molecule has 1 amide bonds. The van der Waals surface area contributed by atoms with Gasteiger partial charge < -0.3 is 20.3 Å². The zero-order valence-electron chi connectivity index (χ0n) is 23.6. The first kappa shape index (κ1) is 27.0. The normalized spacial score (nSPS) is 21.8. The van der Waals surface area contributed by atoms with Crippen LogP contribution in [0.3, 0.4) is 0 Å². The number of likely N-dealkylation sites (tertiary alicyclic amines) is 1. The van der Waals surface area contributed by atoms with Crippen LogP contribution in [-0.4, -0.2) is 72.3 Å². The molecule has 0 aliphatic carbocycles. The zero-order chi connectivity index (χ0) is 28.3. The number of carbonyl (C=O) groups is 1. The van der Waals surface area contributed by atoms with Gasteiger partial charge in [0.15, 0.2) is 5.82 Å². The standard InChI is InChI=1S/C31H37N7O3/c1-4-31(39)35-25-15-26(28(40-3)16-27(25)37-19-23-14-24(37)18-36(23)5-2)34-29-17-30(33-20-32-29)38-22(11-12-41-38)13-21-9-7-6-8-10-21/h4,6-10,15-17,20,22-24H,1,5,11-14,18-19H2,2-3H3,(H,35,39)(H,32,33,34)/t22-,23-,24-/m1/s1. The number of nitrogens with zero attached hydrogens (tertiary/aromatic N) is 5. The van der Waals surface area contributed by atoms with Crippen LogP contribution in [0.25, 0.3) is 0 Å². The maximum atomic E-state index is 12.4. The number of likely N-dealkylation sites (N-methyl/N-ethyl adjacent to an activating group) is 1. The Morgan fingerprint density at radius 3 is 2.73 bits per heavy atom. The summed E-state index contributed by atoms with van der Waals surface area (Å²) in [5.74, 6) is 1.67. The van der Waals surface area contributed by atoms with Crippen molar-refractivity contribution in [3.05, 3.63) is 73.1 Å². The Kier molecular flexibility index (Phi) is 7.76. The summed E-state index contributed by atoms with van der Waals surface area (Å²) < 4.78 is 5.83. The number of hydroxylamine groups is 1. The van der Waals surface area contributed by atoms with Crippen molar-refractivity contribution in [2.24, 2.45) is 0 Å². The number of aromatic nitrogens is 2. The summed E-state index contributed by atoms with van der Waals surface area (Å²) in [6.07, 6.45) is 5.72. The summed E-state index contributed by atoms with van der Waals surface area (Å²) in [5.41, 5.74) is 3.59. The quantitative estimate of drug-likeness (QED) is 0.353. The summed E-state index contributed by atoms with van der Waals surface area (Å²) in [6.45, 7) is 9.48. The maximum Gasteiger partial charge on any atom is 0.247 e. The molecule has 0 unspecified atom stereocenters. The summed E-state index contributed by atoms with van der Waals surface area (Å²) in [7, 11) is 1.65. The van der Waals surface area contributed by atoms with E-state index in [0.29, 0.717) is 47.5 Å². The molecule has 3 fully saturated rings. The lowest BCUT2D eigenvalue weighted by molar-refractivity contribution is -0.111. The number of ether oxygens (including phenoxy) is 1. The van der Waals surface area contributed by atoms with Gasteiger partial charge in [0.05, 0.1) is 36.8 Å². The van der Waals surface area contributed by atoms with Crippen LogP contribution in [0.5, 0.6) is 5.75 Å². The summed E-state index contributed by atoms with van der Waals surface area (Å²) >= 11 is 0. The molecular weight excluding hydrogens is 518 g/mol. The molecule has 0 saturated carbocycles. The molecule has 3 saturated heterocycles. The van der Waals surface area contributed by atoms with E-state index < -0.39 is 0 Å². The molecule has 3 aliphatic heterocycles. The lowest BCUT2D eigenvalue weighted by atomic mass is 10.0. The fourth-order valence-corrected chi connectivity index (χ4v) is 6.30. The van der Waals surface area contributed by atoms with E-state index in [1.54, 1.807) is 7.11 Å². The molecule has 0 radical (unpaired) electrons. The lowest BCUT2D eigenvalue weighted by Gasteiger charge is -2.36. The molecule has 4 heterocycles. The van der Waals surface area contributed by atoms with Crippen molar-refractivity contribution < 1.29 is 14.4 Å². The first-order chi connectivity index (χ1) is 20.1. The van der Waals surface area contributed by atoms with Crippen LogP contribution in [0.15, 0.2) is 67.5 Å². The van der Waals surface area contributed by atoms with Gasteiger partial charge in [0.2, 0.25) is 5.91 Å². The third-order valence-electron chi connectivity index (χ3n) is 8.30. The molecule has 2 N–H and O–H groups in total. The second kappa shape index (κ2) is 11.8. The fourth-order valence-electron chi connectivity index (χ4n) is 6.30. The summed E-state index contributed by atoms with van der Waals surface area (Å²) in [4.78, 5) is 32.3. The average Bonchev–Trinajstić information content (AvgIpc) is 3.74. The fraction of sp³-hybridized carbons (Fsp3) is 0.387.